The van der Waals surface area contributed by atoms with Crippen molar-refractivity contribution >= 4 is 11.8 Å². The van der Waals surface area contributed by atoms with Crippen LogP contribution in [0.1, 0.15) is 55.8 Å². The summed E-state index contributed by atoms with van der Waals surface area (Å²) in [6.45, 7) is 6.97. The van der Waals surface area contributed by atoms with Gasteiger partial charge >= 0.3 is 0 Å². The molecule has 0 radical (unpaired) electrons. The van der Waals surface area contributed by atoms with Crippen molar-refractivity contribution in [2.24, 2.45) is 0 Å². The minimum atomic E-state index is -0.111. The van der Waals surface area contributed by atoms with Gasteiger partial charge in [-0.1, -0.05) is 6.92 Å². The summed E-state index contributed by atoms with van der Waals surface area (Å²) in [7, 11) is 0. The summed E-state index contributed by atoms with van der Waals surface area (Å²) in [6.07, 6.45) is 4.53. The van der Waals surface area contributed by atoms with E-state index in [1.807, 2.05) is 4.90 Å². The van der Waals surface area contributed by atoms with Gasteiger partial charge in [-0.25, -0.2) is 0 Å². The topological polar surface area (TPSA) is 65.8 Å². The molecule has 2 fully saturated rings. The number of likely N-dealkylation sites (N-methyl/N-ethyl adjacent to an activating group) is 1. The smallest absolute Gasteiger partial charge is 0.289 e. The van der Waals surface area contributed by atoms with Crippen LogP contribution in [0.25, 0.3) is 0 Å². The fraction of sp³-hybridized carbons (Fsp3) is 0.667. The maximum atomic E-state index is 12.9. The van der Waals surface area contributed by atoms with E-state index in [1.165, 1.54) is 19.8 Å². The fourth-order valence-corrected chi connectivity index (χ4v) is 4.07. The fourth-order valence-electron chi connectivity index (χ4n) is 4.07. The number of rotatable bonds is 5. The summed E-state index contributed by atoms with van der Waals surface area (Å²) in [5.74, 6) is 0.859. The van der Waals surface area contributed by atoms with Gasteiger partial charge in [0.15, 0.2) is 5.76 Å². The maximum Gasteiger partial charge on any atom is 0.289 e. The first-order valence-electron chi connectivity index (χ1n) is 8.98. The molecule has 2 atom stereocenters. The summed E-state index contributed by atoms with van der Waals surface area (Å²) in [5, 5.41) is 2.69. The van der Waals surface area contributed by atoms with Crippen molar-refractivity contribution in [3.05, 3.63) is 23.7 Å². The minimum Gasteiger partial charge on any atom is -0.454 e. The molecule has 0 spiro atoms. The SMILES string of the molecule is CCN1CCC[C@@H]1[C@H]1CCCN1C(=O)c1ccc(CNC(C)=O)o1. The Balaban J connectivity index is 1.68. The lowest BCUT2D eigenvalue weighted by atomic mass is 10.0. The van der Waals surface area contributed by atoms with Crippen molar-refractivity contribution < 1.29 is 14.0 Å². The van der Waals surface area contributed by atoms with Gasteiger partial charge in [-0.2, -0.15) is 0 Å². The molecule has 2 amide bonds. The predicted molar refractivity (Wildman–Crippen MR) is 90.6 cm³/mol. The molecule has 0 saturated carbocycles. The Morgan fingerprint density at radius 2 is 1.96 bits per heavy atom. The molecule has 2 aliphatic heterocycles. The molecular formula is C18H27N3O3. The molecule has 24 heavy (non-hydrogen) atoms. The van der Waals surface area contributed by atoms with E-state index < -0.39 is 0 Å². The lowest BCUT2D eigenvalue weighted by Gasteiger charge is -2.34. The Bertz CT molecular complexity index is 598. The second-order valence-corrected chi connectivity index (χ2v) is 6.72. The first kappa shape index (κ1) is 17.0. The predicted octanol–water partition coefficient (Wildman–Crippen LogP) is 2.00. The Morgan fingerprint density at radius 1 is 1.21 bits per heavy atom. The van der Waals surface area contributed by atoms with Gasteiger partial charge < -0.3 is 14.6 Å². The van der Waals surface area contributed by atoms with Crippen molar-refractivity contribution in [1.82, 2.24) is 15.1 Å². The molecule has 1 aromatic heterocycles. The minimum absolute atomic E-state index is 0.0190. The van der Waals surface area contributed by atoms with Crippen LogP contribution in [-0.4, -0.2) is 53.3 Å². The zero-order chi connectivity index (χ0) is 17.1. The average Bonchev–Trinajstić information content (AvgIpc) is 3.30. The molecular weight excluding hydrogens is 306 g/mol. The van der Waals surface area contributed by atoms with E-state index in [1.54, 1.807) is 12.1 Å². The van der Waals surface area contributed by atoms with Crippen LogP contribution < -0.4 is 5.32 Å². The van der Waals surface area contributed by atoms with Gasteiger partial charge in [-0.3, -0.25) is 14.5 Å². The van der Waals surface area contributed by atoms with E-state index in [4.69, 9.17) is 4.42 Å². The first-order valence-corrected chi connectivity index (χ1v) is 8.98. The van der Waals surface area contributed by atoms with Gasteiger partial charge in [-0.05, 0) is 50.9 Å². The number of carbonyl (C=O) groups is 2. The molecule has 2 aliphatic rings. The number of furan rings is 1. The van der Waals surface area contributed by atoms with Crippen LogP contribution in [0.3, 0.4) is 0 Å². The highest BCUT2D eigenvalue weighted by Crippen LogP contribution is 2.31. The van der Waals surface area contributed by atoms with Crippen molar-refractivity contribution in [3.63, 3.8) is 0 Å². The monoisotopic (exact) mass is 333 g/mol. The Morgan fingerprint density at radius 3 is 2.71 bits per heavy atom. The molecule has 1 N–H and O–H groups in total. The zero-order valence-corrected chi connectivity index (χ0v) is 14.6. The molecule has 0 aliphatic carbocycles. The van der Waals surface area contributed by atoms with Crippen LogP contribution >= 0.6 is 0 Å². The molecule has 132 valence electrons. The van der Waals surface area contributed by atoms with Crippen molar-refractivity contribution in [2.75, 3.05) is 19.6 Å². The molecule has 6 heteroatoms. The number of likely N-dealkylation sites (tertiary alicyclic amines) is 2. The third-order valence-corrected chi connectivity index (χ3v) is 5.21. The molecule has 1 aromatic rings. The first-order chi connectivity index (χ1) is 11.6. The highest BCUT2D eigenvalue weighted by molar-refractivity contribution is 5.92. The summed E-state index contributed by atoms with van der Waals surface area (Å²) in [5.41, 5.74) is 0. The normalized spacial score (nSPS) is 24.5. The van der Waals surface area contributed by atoms with Gasteiger partial charge in [-0.15, -0.1) is 0 Å². The second-order valence-electron chi connectivity index (χ2n) is 6.72. The molecule has 0 unspecified atom stereocenters. The van der Waals surface area contributed by atoms with E-state index in [9.17, 15) is 9.59 Å². The number of hydrogen-bond donors (Lipinski definition) is 1. The molecule has 6 nitrogen and oxygen atoms in total. The summed E-state index contributed by atoms with van der Waals surface area (Å²) < 4.78 is 5.65. The van der Waals surface area contributed by atoms with Crippen molar-refractivity contribution in [2.45, 2.75) is 58.2 Å². The second kappa shape index (κ2) is 7.38. The van der Waals surface area contributed by atoms with Gasteiger partial charge in [0.05, 0.1) is 6.54 Å². The van der Waals surface area contributed by atoms with Gasteiger partial charge in [0.1, 0.15) is 5.76 Å². The summed E-state index contributed by atoms with van der Waals surface area (Å²) in [4.78, 5) is 28.4. The molecule has 0 aromatic carbocycles. The largest absolute Gasteiger partial charge is 0.454 e. The number of nitrogens with one attached hydrogen (secondary N) is 1. The quantitative estimate of drug-likeness (QED) is 0.895. The summed E-state index contributed by atoms with van der Waals surface area (Å²) in [6, 6.07) is 4.27. The third-order valence-electron chi connectivity index (χ3n) is 5.21. The van der Waals surface area contributed by atoms with E-state index >= 15 is 0 Å². The van der Waals surface area contributed by atoms with Gasteiger partial charge in [0, 0.05) is 25.6 Å². The van der Waals surface area contributed by atoms with Crippen molar-refractivity contribution in [1.29, 1.82) is 0 Å². The molecule has 3 heterocycles. The van der Waals surface area contributed by atoms with E-state index in [-0.39, 0.29) is 11.8 Å². The summed E-state index contributed by atoms with van der Waals surface area (Å²) >= 11 is 0. The highest BCUT2D eigenvalue weighted by atomic mass is 16.4. The van der Waals surface area contributed by atoms with Crippen LogP contribution in [0, 0.1) is 0 Å². The zero-order valence-electron chi connectivity index (χ0n) is 14.6. The maximum absolute atomic E-state index is 12.9. The Hall–Kier alpha value is -1.82. The number of carbonyl (C=O) groups excluding carboxylic acids is 2. The molecule has 0 bridgehead atoms. The van der Waals surface area contributed by atoms with E-state index in [2.05, 4.69) is 17.1 Å². The van der Waals surface area contributed by atoms with Gasteiger partial charge in [0.2, 0.25) is 5.91 Å². The average molecular weight is 333 g/mol. The molecule has 2 saturated heterocycles. The van der Waals surface area contributed by atoms with Crippen LogP contribution in [0.15, 0.2) is 16.5 Å². The molecule has 3 rings (SSSR count). The van der Waals surface area contributed by atoms with Gasteiger partial charge in [0.25, 0.3) is 5.91 Å². The van der Waals surface area contributed by atoms with E-state index in [0.717, 1.165) is 32.5 Å². The number of amides is 2. The Labute approximate surface area is 143 Å². The third kappa shape index (κ3) is 3.48. The van der Waals surface area contributed by atoms with Crippen LogP contribution in [0.5, 0.6) is 0 Å². The van der Waals surface area contributed by atoms with Crippen LogP contribution in [0.2, 0.25) is 0 Å². The standard InChI is InChI=1S/C18H27N3O3/c1-3-20-10-4-6-15(20)16-7-5-11-21(16)18(23)17-9-8-14(24-17)12-19-13(2)22/h8-9,15-16H,3-7,10-12H2,1-2H3,(H,19,22)/t15-,16-/m1/s1. The lowest BCUT2D eigenvalue weighted by molar-refractivity contribution is -0.119. The lowest BCUT2D eigenvalue weighted by Crippen LogP contribution is -2.48. The highest BCUT2D eigenvalue weighted by Gasteiger charge is 2.40. The number of nitrogens with zero attached hydrogens (tertiary/aromatic N) is 2. The van der Waals surface area contributed by atoms with Crippen molar-refractivity contribution in [3.8, 4) is 0 Å². The van der Waals surface area contributed by atoms with Crippen LogP contribution in [-0.2, 0) is 11.3 Å². The Kier molecular flexibility index (Phi) is 5.23. The number of hydrogen-bond acceptors (Lipinski definition) is 4. The van der Waals surface area contributed by atoms with Crippen LogP contribution in [0.4, 0.5) is 0 Å². The van der Waals surface area contributed by atoms with E-state index in [0.29, 0.717) is 30.1 Å².